The number of thiophene rings is 1. The van der Waals surface area contributed by atoms with Crippen LogP contribution in [0.3, 0.4) is 0 Å². The number of nitrogen functional groups attached to an aromatic ring is 1. The Kier molecular flexibility index (Phi) is 7.64. The Labute approximate surface area is 219 Å². The predicted molar refractivity (Wildman–Crippen MR) is 147 cm³/mol. The number of carbonyl (C=O) groups is 1. The predicted octanol–water partition coefficient (Wildman–Crippen LogP) is 3.74. The van der Waals surface area contributed by atoms with Gasteiger partial charge in [0.2, 0.25) is 15.9 Å². The van der Waals surface area contributed by atoms with E-state index in [1.165, 1.54) is 24.5 Å². The summed E-state index contributed by atoms with van der Waals surface area (Å²) in [6, 6.07) is 18.9. The maximum atomic E-state index is 13.1. The summed E-state index contributed by atoms with van der Waals surface area (Å²) >= 11 is 1.13. The highest BCUT2D eigenvalue weighted by atomic mass is 32.2. The van der Waals surface area contributed by atoms with Crippen LogP contribution in [0.1, 0.15) is 11.1 Å². The summed E-state index contributed by atoms with van der Waals surface area (Å²) in [7, 11) is -7.11. The Morgan fingerprint density at radius 2 is 1.73 bits per heavy atom. The van der Waals surface area contributed by atoms with Gasteiger partial charge < -0.3 is 11.1 Å². The van der Waals surface area contributed by atoms with E-state index in [9.17, 15) is 21.6 Å². The maximum Gasteiger partial charge on any atom is 0.277 e. The lowest BCUT2D eigenvalue weighted by molar-refractivity contribution is -0.111. The lowest BCUT2D eigenvalue weighted by Gasteiger charge is -2.05. The standard InChI is InChI=1S/C25H24N4O5S3/c1-36(31,32)27-16-18-6-9-20(10-7-18)23-11-13-25(35-23)37(33,34)29-15-14-19(17-29)8-12-24(30)28-22-5-3-2-4-21(22)26/h2-15,17,27H,16,26H2,1H3,(H,28,30). The van der Waals surface area contributed by atoms with E-state index in [-0.39, 0.29) is 10.8 Å². The third kappa shape index (κ3) is 6.74. The summed E-state index contributed by atoms with van der Waals surface area (Å²) in [6.45, 7) is 0.176. The molecule has 0 aliphatic heterocycles. The Bertz CT molecular complexity index is 1670. The molecule has 12 heteroatoms. The third-order valence-electron chi connectivity index (χ3n) is 5.23. The topological polar surface area (TPSA) is 140 Å². The van der Waals surface area contributed by atoms with Crippen LogP contribution in [0.4, 0.5) is 11.4 Å². The first-order valence-electron chi connectivity index (χ1n) is 10.9. The zero-order chi connectivity index (χ0) is 26.6. The van der Waals surface area contributed by atoms with Crippen molar-refractivity contribution in [2.75, 3.05) is 17.3 Å². The van der Waals surface area contributed by atoms with Crippen molar-refractivity contribution in [3.05, 3.63) is 96.3 Å². The van der Waals surface area contributed by atoms with Crippen molar-refractivity contribution in [2.24, 2.45) is 0 Å². The normalized spacial score (nSPS) is 12.1. The highest BCUT2D eigenvalue weighted by Gasteiger charge is 2.19. The number of sulfonamides is 1. The van der Waals surface area contributed by atoms with E-state index in [2.05, 4.69) is 10.0 Å². The molecule has 4 N–H and O–H groups in total. The molecule has 0 atom stereocenters. The molecule has 0 spiro atoms. The van der Waals surface area contributed by atoms with E-state index in [0.29, 0.717) is 16.9 Å². The summed E-state index contributed by atoms with van der Waals surface area (Å²) in [5.41, 5.74) is 8.89. The molecule has 0 aliphatic rings. The lowest BCUT2D eigenvalue weighted by Crippen LogP contribution is -2.21. The second-order valence-corrected chi connectivity index (χ2v) is 13.1. The van der Waals surface area contributed by atoms with Crippen molar-refractivity contribution in [1.29, 1.82) is 0 Å². The lowest BCUT2D eigenvalue weighted by atomic mass is 10.1. The van der Waals surface area contributed by atoms with E-state index < -0.39 is 26.0 Å². The highest BCUT2D eigenvalue weighted by molar-refractivity contribution is 7.92. The summed E-state index contributed by atoms with van der Waals surface area (Å²) in [5.74, 6) is -0.394. The largest absolute Gasteiger partial charge is 0.397 e. The quantitative estimate of drug-likeness (QED) is 0.212. The minimum Gasteiger partial charge on any atom is -0.397 e. The molecule has 0 aliphatic carbocycles. The molecule has 0 unspecified atom stereocenters. The van der Waals surface area contributed by atoms with Crippen LogP contribution in [-0.2, 0) is 31.4 Å². The monoisotopic (exact) mass is 556 g/mol. The fourth-order valence-corrected chi connectivity index (χ4v) is 6.37. The zero-order valence-corrected chi connectivity index (χ0v) is 22.1. The first-order chi connectivity index (χ1) is 17.5. The van der Waals surface area contributed by atoms with Gasteiger partial charge in [-0.05, 0) is 53.1 Å². The number of amides is 1. The molecule has 4 aromatic rings. The molecule has 0 fully saturated rings. The van der Waals surface area contributed by atoms with Crippen LogP contribution in [0.5, 0.6) is 0 Å². The summed E-state index contributed by atoms with van der Waals surface area (Å²) in [5, 5.41) is 2.67. The van der Waals surface area contributed by atoms with Crippen LogP contribution < -0.4 is 15.8 Å². The molecule has 1 amide bonds. The van der Waals surface area contributed by atoms with Crippen molar-refractivity contribution < 1.29 is 21.6 Å². The second-order valence-electron chi connectivity index (χ2n) is 8.10. The minimum atomic E-state index is -3.82. The first kappa shape index (κ1) is 26.4. The van der Waals surface area contributed by atoms with Crippen LogP contribution in [0, 0.1) is 0 Å². The van der Waals surface area contributed by atoms with Crippen LogP contribution in [0.15, 0.2) is 89.4 Å². The Morgan fingerprint density at radius 3 is 2.43 bits per heavy atom. The van der Waals surface area contributed by atoms with E-state index in [0.717, 1.165) is 37.6 Å². The van der Waals surface area contributed by atoms with Crippen molar-refractivity contribution in [3.8, 4) is 10.4 Å². The number of nitrogens with zero attached hydrogens (tertiary/aromatic N) is 1. The van der Waals surface area contributed by atoms with Crippen LogP contribution in [0.25, 0.3) is 16.5 Å². The van der Waals surface area contributed by atoms with E-state index >= 15 is 0 Å². The van der Waals surface area contributed by atoms with Gasteiger partial charge in [-0.1, -0.05) is 36.4 Å². The molecule has 0 radical (unpaired) electrons. The number of rotatable bonds is 9. The summed E-state index contributed by atoms with van der Waals surface area (Å²) in [4.78, 5) is 12.9. The smallest absolute Gasteiger partial charge is 0.277 e. The molecule has 2 aromatic carbocycles. The average molecular weight is 557 g/mol. The van der Waals surface area contributed by atoms with Gasteiger partial charge in [0.15, 0.2) is 0 Å². The molecular weight excluding hydrogens is 532 g/mol. The number of anilines is 2. The van der Waals surface area contributed by atoms with Gasteiger partial charge >= 0.3 is 0 Å². The number of carbonyl (C=O) groups excluding carboxylic acids is 1. The average Bonchev–Trinajstić information content (AvgIpc) is 3.54. The van der Waals surface area contributed by atoms with Crippen molar-refractivity contribution >= 4 is 54.7 Å². The van der Waals surface area contributed by atoms with Gasteiger partial charge in [0.25, 0.3) is 10.0 Å². The third-order valence-corrected chi connectivity index (χ3v) is 9.13. The summed E-state index contributed by atoms with van der Waals surface area (Å²) in [6.07, 6.45) is 6.76. The van der Waals surface area contributed by atoms with Gasteiger partial charge in [0, 0.05) is 29.9 Å². The van der Waals surface area contributed by atoms with Gasteiger partial charge in [-0.15, -0.1) is 11.3 Å². The van der Waals surface area contributed by atoms with Crippen LogP contribution >= 0.6 is 11.3 Å². The number of para-hydroxylation sites is 2. The molecule has 2 aromatic heterocycles. The van der Waals surface area contributed by atoms with E-state index in [1.807, 2.05) is 12.1 Å². The van der Waals surface area contributed by atoms with Crippen LogP contribution in [0.2, 0.25) is 0 Å². The zero-order valence-electron chi connectivity index (χ0n) is 19.7. The number of benzene rings is 2. The molecule has 9 nitrogen and oxygen atoms in total. The van der Waals surface area contributed by atoms with E-state index in [1.54, 1.807) is 54.6 Å². The summed E-state index contributed by atoms with van der Waals surface area (Å²) < 4.78 is 52.5. The number of hydrogen-bond donors (Lipinski definition) is 3. The molecule has 4 rings (SSSR count). The fraction of sp³-hybridized carbons (Fsp3) is 0.0800. The Balaban J connectivity index is 1.44. The molecule has 192 valence electrons. The molecule has 37 heavy (non-hydrogen) atoms. The molecule has 0 saturated heterocycles. The Hall–Kier alpha value is -3.71. The van der Waals surface area contributed by atoms with Crippen molar-refractivity contribution in [3.63, 3.8) is 0 Å². The van der Waals surface area contributed by atoms with Gasteiger partial charge in [-0.25, -0.2) is 17.1 Å². The van der Waals surface area contributed by atoms with Gasteiger partial charge in [-0.3, -0.25) is 4.79 Å². The van der Waals surface area contributed by atoms with Gasteiger partial charge in [-0.2, -0.15) is 8.42 Å². The minimum absolute atomic E-state index is 0.161. The molecule has 0 bridgehead atoms. The van der Waals surface area contributed by atoms with Gasteiger partial charge in [0.05, 0.1) is 17.6 Å². The van der Waals surface area contributed by atoms with Crippen molar-refractivity contribution in [2.45, 2.75) is 10.8 Å². The molecule has 2 heterocycles. The van der Waals surface area contributed by atoms with Gasteiger partial charge in [0.1, 0.15) is 4.21 Å². The fourth-order valence-electron chi connectivity index (χ4n) is 3.32. The first-order valence-corrected chi connectivity index (χ1v) is 15.1. The number of nitrogens with one attached hydrogen (secondary N) is 2. The number of aromatic nitrogens is 1. The number of nitrogens with two attached hydrogens (primary N) is 1. The Morgan fingerprint density at radius 1 is 1.00 bits per heavy atom. The molecular formula is C25H24N4O5S3. The van der Waals surface area contributed by atoms with E-state index in [4.69, 9.17) is 5.73 Å². The maximum absolute atomic E-state index is 13.1. The van der Waals surface area contributed by atoms with Crippen LogP contribution in [-0.4, -0.2) is 33.0 Å². The highest BCUT2D eigenvalue weighted by Crippen LogP contribution is 2.32. The molecule has 0 saturated carbocycles. The SMILES string of the molecule is CS(=O)(=O)NCc1ccc(-c2ccc(S(=O)(=O)n3ccc(C=CC(=O)Nc4ccccc4N)c3)s2)cc1. The number of hydrogen-bond acceptors (Lipinski definition) is 7. The van der Waals surface area contributed by atoms with Crippen molar-refractivity contribution in [1.82, 2.24) is 8.69 Å². The second kappa shape index (κ2) is 10.7.